The first-order valence-corrected chi connectivity index (χ1v) is 6.93. The van der Waals surface area contributed by atoms with Crippen molar-refractivity contribution in [2.75, 3.05) is 14.2 Å². The second kappa shape index (κ2) is 6.48. The number of benzene rings is 1. The minimum absolute atomic E-state index is 0. The first-order chi connectivity index (χ1) is 9.45. The lowest BCUT2D eigenvalue weighted by atomic mass is 10.1. The predicted octanol–water partition coefficient (Wildman–Crippen LogP) is 0.583. The molecule has 0 fully saturated rings. The van der Waals surface area contributed by atoms with E-state index in [-0.39, 0.29) is 16.3 Å². The van der Waals surface area contributed by atoms with Crippen LogP contribution < -0.4 is 9.47 Å². The summed E-state index contributed by atoms with van der Waals surface area (Å²) in [6.07, 6.45) is 0. The van der Waals surface area contributed by atoms with Gasteiger partial charge in [-0.15, -0.1) is 10.2 Å². The molecule has 1 aromatic carbocycles. The number of hydrogen-bond acceptors (Lipinski definition) is 6. The molecule has 0 saturated carbocycles. The van der Waals surface area contributed by atoms with E-state index in [2.05, 4.69) is 10.2 Å². The molecule has 1 aromatic heterocycles. The number of ether oxygens (including phenoxy) is 2. The molecule has 0 atom stereocenters. The van der Waals surface area contributed by atoms with Crippen molar-refractivity contribution in [3.63, 3.8) is 0 Å². The van der Waals surface area contributed by atoms with Gasteiger partial charge in [-0.3, -0.25) is 4.55 Å². The molecule has 21 heavy (non-hydrogen) atoms. The Kier molecular flexibility index (Phi) is 5.19. The third kappa shape index (κ3) is 3.66. The highest BCUT2D eigenvalue weighted by Crippen LogP contribution is 2.30. The van der Waals surface area contributed by atoms with Crippen LogP contribution in [0.3, 0.4) is 0 Å². The molecule has 0 bridgehead atoms. The molecule has 0 saturated heterocycles. The van der Waals surface area contributed by atoms with E-state index in [4.69, 9.17) is 14.0 Å². The van der Waals surface area contributed by atoms with Gasteiger partial charge in [0.2, 0.25) is 5.88 Å². The number of rotatable bonds is 4. The molecule has 0 radical (unpaired) electrons. The topological polar surface area (TPSA) is 130 Å². The summed E-state index contributed by atoms with van der Waals surface area (Å²) in [5.41, 5.74) is 0.797. The average molecular weight is 314 g/mol. The van der Waals surface area contributed by atoms with Gasteiger partial charge in [0.25, 0.3) is 10.1 Å². The average Bonchev–Trinajstić information content (AvgIpc) is 2.45. The molecule has 0 aliphatic heterocycles. The maximum atomic E-state index is 11.1. The van der Waals surface area contributed by atoms with Gasteiger partial charge in [0, 0.05) is 11.6 Å². The Labute approximate surface area is 121 Å². The number of methoxy groups -OCH3 is 2. The van der Waals surface area contributed by atoms with Crippen LogP contribution in [0.5, 0.6) is 11.6 Å². The number of aromatic nitrogens is 2. The standard InChI is InChI=1S/C12H12N2O5S.H2O/c1-18-10-7-11(19-2)13-14-12(10)8-4-3-5-9(6-8)20(15,16)17;/h3-7H,1-2H3,(H,15,16,17);1H2. The van der Waals surface area contributed by atoms with Gasteiger partial charge in [-0.05, 0) is 12.1 Å². The number of hydrogen-bond donors (Lipinski definition) is 1. The van der Waals surface area contributed by atoms with Crippen LogP contribution in [0.1, 0.15) is 0 Å². The van der Waals surface area contributed by atoms with Crippen LogP contribution in [0, 0.1) is 0 Å². The first-order valence-electron chi connectivity index (χ1n) is 5.49. The smallest absolute Gasteiger partial charge is 0.294 e. The molecule has 0 amide bonds. The van der Waals surface area contributed by atoms with E-state index in [0.29, 0.717) is 17.0 Å². The Morgan fingerprint density at radius 2 is 1.81 bits per heavy atom. The first kappa shape index (κ1) is 16.8. The minimum Gasteiger partial charge on any atom is -0.494 e. The van der Waals surface area contributed by atoms with Crippen molar-refractivity contribution >= 4 is 10.1 Å². The molecule has 3 N–H and O–H groups in total. The van der Waals surface area contributed by atoms with Crippen molar-refractivity contribution in [3.05, 3.63) is 30.3 Å². The maximum absolute atomic E-state index is 11.1. The monoisotopic (exact) mass is 314 g/mol. The van der Waals surface area contributed by atoms with Gasteiger partial charge < -0.3 is 14.9 Å². The molecule has 2 aromatic rings. The Balaban J connectivity index is 0.00000220. The van der Waals surface area contributed by atoms with Gasteiger partial charge in [0.1, 0.15) is 5.69 Å². The lowest BCUT2D eigenvalue weighted by Crippen LogP contribution is -2.00. The van der Waals surface area contributed by atoms with Crippen LogP contribution in [-0.2, 0) is 10.1 Å². The molecule has 1 heterocycles. The van der Waals surface area contributed by atoms with Crippen molar-refractivity contribution in [3.8, 4) is 22.9 Å². The van der Waals surface area contributed by atoms with Gasteiger partial charge in [-0.25, -0.2) is 0 Å². The largest absolute Gasteiger partial charge is 0.494 e. The van der Waals surface area contributed by atoms with E-state index >= 15 is 0 Å². The fraction of sp³-hybridized carbons (Fsp3) is 0.167. The SMILES string of the molecule is COc1cc(OC)c(-c2cccc(S(=O)(=O)O)c2)nn1.O. The zero-order valence-corrected chi connectivity index (χ0v) is 12.1. The summed E-state index contributed by atoms with van der Waals surface area (Å²) in [5.74, 6) is 0.654. The Bertz CT molecular complexity index is 732. The second-order valence-corrected chi connectivity index (χ2v) is 5.23. The summed E-state index contributed by atoms with van der Waals surface area (Å²) >= 11 is 0. The summed E-state index contributed by atoms with van der Waals surface area (Å²) in [5, 5.41) is 7.75. The zero-order chi connectivity index (χ0) is 14.8. The zero-order valence-electron chi connectivity index (χ0n) is 11.3. The highest BCUT2D eigenvalue weighted by Gasteiger charge is 2.14. The quantitative estimate of drug-likeness (QED) is 0.817. The lowest BCUT2D eigenvalue weighted by molar-refractivity contribution is 0.376. The highest BCUT2D eigenvalue weighted by molar-refractivity contribution is 7.85. The maximum Gasteiger partial charge on any atom is 0.294 e. The molecular formula is C12H14N2O6S. The summed E-state index contributed by atoms with van der Waals surface area (Å²) < 4.78 is 41.4. The van der Waals surface area contributed by atoms with Gasteiger partial charge in [-0.1, -0.05) is 12.1 Å². The van der Waals surface area contributed by atoms with Gasteiger partial charge in [0.05, 0.1) is 19.1 Å². The fourth-order valence-electron chi connectivity index (χ4n) is 1.62. The molecule has 8 nitrogen and oxygen atoms in total. The lowest BCUT2D eigenvalue weighted by Gasteiger charge is -2.08. The van der Waals surface area contributed by atoms with Crippen LogP contribution in [0.25, 0.3) is 11.3 Å². The number of nitrogens with zero attached hydrogens (tertiary/aromatic N) is 2. The van der Waals surface area contributed by atoms with Crippen LogP contribution in [0.2, 0.25) is 0 Å². The van der Waals surface area contributed by atoms with Crippen molar-refractivity contribution in [2.24, 2.45) is 0 Å². The molecule has 0 spiro atoms. The molecule has 0 aliphatic carbocycles. The van der Waals surface area contributed by atoms with Crippen LogP contribution in [0.15, 0.2) is 35.2 Å². The van der Waals surface area contributed by atoms with Gasteiger partial charge in [-0.2, -0.15) is 8.42 Å². The summed E-state index contributed by atoms with van der Waals surface area (Å²) in [7, 11) is -1.38. The molecular weight excluding hydrogens is 300 g/mol. The minimum atomic E-state index is -4.28. The van der Waals surface area contributed by atoms with Crippen molar-refractivity contribution in [1.82, 2.24) is 10.2 Å². The van der Waals surface area contributed by atoms with Crippen LogP contribution >= 0.6 is 0 Å². The van der Waals surface area contributed by atoms with Crippen LogP contribution in [-0.4, -0.2) is 42.9 Å². The second-order valence-electron chi connectivity index (χ2n) is 3.81. The van der Waals surface area contributed by atoms with Gasteiger partial charge >= 0.3 is 0 Å². The third-order valence-corrected chi connectivity index (χ3v) is 3.42. The van der Waals surface area contributed by atoms with E-state index < -0.39 is 10.1 Å². The van der Waals surface area contributed by atoms with E-state index in [1.54, 1.807) is 6.07 Å². The molecule has 114 valence electrons. The van der Waals surface area contributed by atoms with Crippen LogP contribution in [0.4, 0.5) is 0 Å². The van der Waals surface area contributed by atoms with E-state index in [9.17, 15) is 8.42 Å². The fourth-order valence-corrected chi connectivity index (χ4v) is 2.14. The normalized spacial score (nSPS) is 10.6. The van der Waals surface area contributed by atoms with Crippen molar-refractivity contribution in [2.45, 2.75) is 4.90 Å². The summed E-state index contributed by atoms with van der Waals surface area (Å²) in [6.45, 7) is 0. The third-order valence-electron chi connectivity index (χ3n) is 2.57. The molecule has 9 heteroatoms. The predicted molar refractivity (Wildman–Crippen MR) is 74.0 cm³/mol. The van der Waals surface area contributed by atoms with E-state index in [1.165, 1.54) is 38.5 Å². The Morgan fingerprint density at radius 3 is 2.38 bits per heavy atom. The Hall–Kier alpha value is -2.23. The summed E-state index contributed by atoms with van der Waals surface area (Å²) in [6, 6.07) is 7.22. The van der Waals surface area contributed by atoms with E-state index in [1.807, 2.05) is 0 Å². The Morgan fingerprint density at radius 1 is 1.10 bits per heavy atom. The van der Waals surface area contributed by atoms with Crippen molar-refractivity contribution < 1.29 is 27.9 Å². The van der Waals surface area contributed by atoms with Crippen molar-refractivity contribution in [1.29, 1.82) is 0 Å². The molecule has 0 unspecified atom stereocenters. The molecule has 2 rings (SSSR count). The summed E-state index contributed by atoms with van der Waals surface area (Å²) in [4.78, 5) is -0.227. The molecule has 0 aliphatic rings. The van der Waals surface area contributed by atoms with E-state index in [0.717, 1.165) is 0 Å². The highest BCUT2D eigenvalue weighted by atomic mass is 32.2. The van der Waals surface area contributed by atoms with Gasteiger partial charge in [0.15, 0.2) is 5.75 Å².